The van der Waals surface area contributed by atoms with Gasteiger partial charge in [-0.15, -0.1) is 0 Å². The lowest BCUT2D eigenvalue weighted by atomic mass is 9.67. The van der Waals surface area contributed by atoms with Crippen LogP contribution in [0, 0.1) is 11.8 Å². The van der Waals surface area contributed by atoms with Crippen LogP contribution in [0.25, 0.3) is 0 Å². The van der Waals surface area contributed by atoms with Gasteiger partial charge in [-0.1, -0.05) is 25.0 Å². The van der Waals surface area contributed by atoms with E-state index in [0.717, 1.165) is 11.8 Å². The van der Waals surface area contributed by atoms with Crippen molar-refractivity contribution in [2.45, 2.75) is 64.2 Å². The van der Waals surface area contributed by atoms with E-state index in [1.54, 1.807) is 22.3 Å². The summed E-state index contributed by atoms with van der Waals surface area (Å²) in [7, 11) is 0. The Morgan fingerprint density at radius 1 is 0.667 bits per heavy atom. The summed E-state index contributed by atoms with van der Waals surface area (Å²) in [5, 5.41) is 0. The molecule has 0 spiro atoms. The highest BCUT2D eigenvalue weighted by Gasteiger charge is 2.32. The van der Waals surface area contributed by atoms with E-state index in [0.29, 0.717) is 0 Å². The number of benzene rings is 1. The Bertz CT molecular complexity index is 457. The second-order valence-electron chi connectivity index (χ2n) is 6.76. The second-order valence-corrected chi connectivity index (χ2v) is 6.76. The van der Waals surface area contributed by atoms with Gasteiger partial charge in [-0.05, 0) is 85.5 Å². The second kappa shape index (κ2) is 4.40. The standard InChI is InChI=1S/C18H24/c1-2-7-15-12-18-16(11-14(15)6-1)10-9-13-5-3-4-8-17(13)18/h9-10,14-15H,1-8,11-12H2. The first-order chi connectivity index (χ1) is 8.92. The summed E-state index contributed by atoms with van der Waals surface area (Å²) in [6, 6.07) is 4.93. The van der Waals surface area contributed by atoms with Crippen molar-refractivity contribution < 1.29 is 0 Å². The highest BCUT2D eigenvalue weighted by atomic mass is 14.4. The molecule has 1 aromatic rings. The van der Waals surface area contributed by atoms with E-state index in [9.17, 15) is 0 Å². The fraction of sp³-hybridized carbons (Fsp3) is 0.667. The molecule has 0 aromatic heterocycles. The van der Waals surface area contributed by atoms with Gasteiger partial charge in [0.1, 0.15) is 0 Å². The highest BCUT2D eigenvalue weighted by molar-refractivity contribution is 5.44. The van der Waals surface area contributed by atoms with Crippen molar-refractivity contribution in [2.24, 2.45) is 11.8 Å². The van der Waals surface area contributed by atoms with E-state index in [-0.39, 0.29) is 0 Å². The Kier molecular flexibility index (Phi) is 2.71. The SMILES string of the molecule is c1cc2c(c3c1CCCC3)CC1CCCCC1C2. The summed E-state index contributed by atoms with van der Waals surface area (Å²) in [5.41, 5.74) is 6.99. The predicted molar refractivity (Wildman–Crippen MR) is 75.9 cm³/mol. The summed E-state index contributed by atoms with van der Waals surface area (Å²) in [6.45, 7) is 0. The minimum absolute atomic E-state index is 1.02. The number of hydrogen-bond acceptors (Lipinski definition) is 0. The molecule has 1 aromatic carbocycles. The van der Waals surface area contributed by atoms with Crippen LogP contribution >= 0.6 is 0 Å². The van der Waals surface area contributed by atoms with E-state index < -0.39 is 0 Å². The van der Waals surface area contributed by atoms with Crippen molar-refractivity contribution in [1.29, 1.82) is 0 Å². The van der Waals surface area contributed by atoms with Crippen LogP contribution in [0.3, 0.4) is 0 Å². The third-order valence-electron chi connectivity index (χ3n) is 5.76. The third-order valence-corrected chi connectivity index (χ3v) is 5.76. The zero-order valence-corrected chi connectivity index (χ0v) is 11.4. The molecule has 0 N–H and O–H groups in total. The van der Waals surface area contributed by atoms with Crippen molar-refractivity contribution in [3.63, 3.8) is 0 Å². The molecular weight excluding hydrogens is 216 g/mol. The maximum atomic E-state index is 2.48. The van der Waals surface area contributed by atoms with Crippen LogP contribution in [-0.2, 0) is 25.7 Å². The lowest BCUT2D eigenvalue weighted by Gasteiger charge is -2.38. The zero-order chi connectivity index (χ0) is 11.9. The van der Waals surface area contributed by atoms with Crippen LogP contribution in [0.5, 0.6) is 0 Å². The molecule has 96 valence electrons. The molecule has 0 saturated heterocycles. The van der Waals surface area contributed by atoms with Crippen LogP contribution < -0.4 is 0 Å². The van der Waals surface area contributed by atoms with Gasteiger partial charge in [-0.2, -0.15) is 0 Å². The summed E-state index contributed by atoms with van der Waals surface area (Å²) in [5.74, 6) is 2.05. The summed E-state index contributed by atoms with van der Waals surface area (Å²) < 4.78 is 0. The van der Waals surface area contributed by atoms with Gasteiger partial charge in [-0.3, -0.25) is 0 Å². The molecule has 0 amide bonds. The first-order valence-corrected chi connectivity index (χ1v) is 8.04. The topological polar surface area (TPSA) is 0 Å². The van der Waals surface area contributed by atoms with Gasteiger partial charge in [0.2, 0.25) is 0 Å². The molecular formula is C18H24. The Labute approximate surface area is 111 Å². The number of aryl methyl sites for hydroxylation is 1. The summed E-state index contributed by atoms with van der Waals surface area (Å²) in [6.07, 6.45) is 14.4. The van der Waals surface area contributed by atoms with Crippen LogP contribution in [0.15, 0.2) is 12.1 Å². The van der Waals surface area contributed by atoms with E-state index in [1.807, 2.05) is 0 Å². The van der Waals surface area contributed by atoms with E-state index >= 15 is 0 Å². The van der Waals surface area contributed by atoms with Crippen LogP contribution in [-0.4, -0.2) is 0 Å². The fourth-order valence-electron chi connectivity index (χ4n) is 4.76. The van der Waals surface area contributed by atoms with Crippen molar-refractivity contribution >= 4 is 0 Å². The fourth-order valence-corrected chi connectivity index (χ4v) is 4.76. The molecule has 3 aliphatic carbocycles. The molecule has 1 fully saturated rings. The van der Waals surface area contributed by atoms with E-state index in [4.69, 9.17) is 0 Å². The minimum atomic E-state index is 1.02. The Morgan fingerprint density at radius 3 is 2.28 bits per heavy atom. The number of hydrogen-bond donors (Lipinski definition) is 0. The van der Waals surface area contributed by atoms with Crippen molar-refractivity contribution in [1.82, 2.24) is 0 Å². The van der Waals surface area contributed by atoms with Crippen LogP contribution in [0.2, 0.25) is 0 Å². The average molecular weight is 240 g/mol. The minimum Gasteiger partial charge on any atom is -0.0585 e. The maximum absolute atomic E-state index is 2.48. The molecule has 0 heterocycles. The smallest absolute Gasteiger partial charge is 0.0242 e. The van der Waals surface area contributed by atoms with Gasteiger partial charge >= 0.3 is 0 Å². The molecule has 0 heteroatoms. The molecule has 2 atom stereocenters. The molecule has 0 bridgehead atoms. The summed E-state index contributed by atoms with van der Waals surface area (Å²) in [4.78, 5) is 0. The molecule has 4 rings (SSSR count). The monoisotopic (exact) mass is 240 g/mol. The third kappa shape index (κ3) is 1.73. The van der Waals surface area contributed by atoms with Gasteiger partial charge in [0.15, 0.2) is 0 Å². The normalized spacial score (nSPS) is 30.2. The molecule has 0 aliphatic heterocycles. The van der Waals surface area contributed by atoms with Crippen LogP contribution in [0.1, 0.15) is 60.8 Å². The molecule has 1 saturated carbocycles. The average Bonchev–Trinajstić information content (AvgIpc) is 2.45. The lowest BCUT2D eigenvalue weighted by Crippen LogP contribution is -2.29. The predicted octanol–water partition coefficient (Wildman–Crippen LogP) is 4.47. The number of fused-ring (bicyclic) bond motifs is 4. The van der Waals surface area contributed by atoms with Gasteiger partial charge in [0.25, 0.3) is 0 Å². The van der Waals surface area contributed by atoms with Gasteiger partial charge in [0.05, 0.1) is 0 Å². The largest absolute Gasteiger partial charge is 0.0585 e. The molecule has 3 aliphatic rings. The quantitative estimate of drug-likeness (QED) is 0.627. The lowest BCUT2D eigenvalue weighted by molar-refractivity contribution is 0.220. The van der Waals surface area contributed by atoms with Gasteiger partial charge < -0.3 is 0 Å². The van der Waals surface area contributed by atoms with Crippen molar-refractivity contribution in [3.05, 3.63) is 34.4 Å². The Balaban J connectivity index is 1.74. The maximum Gasteiger partial charge on any atom is -0.0242 e. The van der Waals surface area contributed by atoms with E-state index in [1.165, 1.54) is 64.2 Å². The zero-order valence-electron chi connectivity index (χ0n) is 11.4. The first-order valence-electron chi connectivity index (χ1n) is 8.04. The van der Waals surface area contributed by atoms with Crippen molar-refractivity contribution in [3.8, 4) is 0 Å². The first kappa shape index (κ1) is 11.1. The molecule has 2 unspecified atom stereocenters. The van der Waals surface area contributed by atoms with Gasteiger partial charge in [-0.25, -0.2) is 0 Å². The molecule has 18 heavy (non-hydrogen) atoms. The molecule has 0 nitrogen and oxygen atoms in total. The van der Waals surface area contributed by atoms with E-state index in [2.05, 4.69) is 12.1 Å². The highest BCUT2D eigenvalue weighted by Crippen LogP contribution is 2.42. The van der Waals surface area contributed by atoms with Gasteiger partial charge in [0, 0.05) is 0 Å². The molecule has 0 radical (unpaired) electrons. The Hall–Kier alpha value is -0.780. The summed E-state index contributed by atoms with van der Waals surface area (Å²) >= 11 is 0. The van der Waals surface area contributed by atoms with Crippen molar-refractivity contribution in [2.75, 3.05) is 0 Å². The number of rotatable bonds is 0. The van der Waals surface area contributed by atoms with Crippen LogP contribution in [0.4, 0.5) is 0 Å². The Morgan fingerprint density at radius 2 is 1.39 bits per heavy atom.